The van der Waals surface area contributed by atoms with Gasteiger partial charge < -0.3 is 15.4 Å². The first-order valence-electron chi connectivity index (χ1n) is 7.06. The summed E-state index contributed by atoms with van der Waals surface area (Å²) in [6.45, 7) is 4.70. The van der Waals surface area contributed by atoms with Crippen molar-refractivity contribution in [3.05, 3.63) is 29.8 Å². The van der Waals surface area contributed by atoms with E-state index in [-0.39, 0.29) is 12.0 Å². The van der Waals surface area contributed by atoms with Crippen LogP contribution >= 0.6 is 0 Å². The van der Waals surface area contributed by atoms with Gasteiger partial charge in [0.05, 0.1) is 5.56 Å². The third-order valence-electron chi connectivity index (χ3n) is 3.25. The predicted molar refractivity (Wildman–Crippen MR) is 75.6 cm³/mol. The third-order valence-corrected chi connectivity index (χ3v) is 3.25. The van der Waals surface area contributed by atoms with Crippen LogP contribution in [0.5, 0.6) is 5.75 Å². The van der Waals surface area contributed by atoms with Crippen molar-refractivity contribution >= 4 is 5.91 Å². The summed E-state index contributed by atoms with van der Waals surface area (Å²) in [5.41, 5.74) is 0.634. The van der Waals surface area contributed by atoms with Crippen LogP contribution in [0.15, 0.2) is 24.3 Å². The fraction of sp³-hybridized carbons (Fsp3) is 0.533. The van der Waals surface area contributed by atoms with Crippen LogP contribution in [0.1, 0.15) is 36.5 Å². The van der Waals surface area contributed by atoms with Gasteiger partial charge in [-0.15, -0.1) is 0 Å². The second kappa shape index (κ2) is 7.14. The van der Waals surface area contributed by atoms with E-state index in [9.17, 15) is 4.79 Å². The van der Waals surface area contributed by atoms with Gasteiger partial charge in [-0.3, -0.25) is 4.79 Å². The zero-order valence-corrected chi connectivity index (χ0v) is 11.4. The first-order valence-corrected chi connectivity index (χ1v) is 7.06. The topological polar surface area (TPSA) is 50.4 Å². The van der Waals surface area contributed by atoms with E-state index < -0.39 is 0 Å². The van der Waals surface area contributed by atoms with Gasteiger partial charge in [0.2, 0.25) is 0 Å². The minimum atomic E-state index is -0.0496. The van der Waals surface area contributed by atoms with E-state index in [1.54, 1.807) is 0 Å². The zero-order valence-electron chi connectivity index (χ0n) is 11.4. The molecule has 0 aromatic heterocycles. The average Bonchev–Trinajstić information content (AvgIpc) is 2.46. The number of nitrogens with one attached hydrogen (secondary N) is 2. The number of carbonyl (C=O) groups excluding carboxylic acids is 1. The van der Waals surface area contributed by atoms with E-state index in [1.807, 2.05) is 31.2 Å². The van der Waals surface area contributed by atoms with Gasteiger partial charge in [-0.05, 0) is 44.5 Å². The highest BCUT2D eigenvalue weighted by molar-refractivity contribution is 5.96. The van der Waals surface area contributed by atoms with Gasteiger partial charge in [0.1, 0.15) is 11.9 Å². The number of piperidine rings is 1. The van der Waals surface area contributed by atoms with Crippen molar-refractivity contribution in [3.63, 3.8) is 0 Å². The number of hydrogen-bond donors (Lipinski definition) is 2. The van der Waals surface area contributed by atoms with Crippen molar-refractivity contribution in [2.45, 2.75) is 32.3 Å². The maximum atomic E-state index is 12.1. The molecule has 4 nitrogen and oxygen atoms in total. The Hall–Kier alpha value is -1.55. The van der Waals surface area contributed by atoms with Crippen LogP contribution in [-0.4, -0.2) is 31.6 Å². The van der Waals surface area contributed by atoms with Crippen LogP contribution in [0.3, 0.4) is 0 Å². The van der Waals surface area contributed by atoms with E-state index in [0.717, 1.165) is 32.4 Å². The second-order valence-corrected chi connectivity index (χ2v) is 4.82. The quantitative estimate of drug-likeness (QED) is 0.853. The van der Waals surface area contributed by atoms with Crippen molar-refractivity contribution in [2.24, 2.45) is 0 Å². The van der Waals surface area contributed by atoms with Crippen molar-refractivity contribution < 1.29 is 9.53 Å². The summed E-state index contributed by atoms with van der Waals surface area (Å²) >= 11 is 0. The fourth-order valence-corrected chi connectivity index (χ4v) is 2.18. The number of para-hydroxylation sites is 1. The lowest BCUT2D eigenvalue weighted by molar-refractivity contribution is 0.0943. The van der Waals surface area contributed by atoms with E-state index in [4.69, 9.17) is 4.74 Å². The Labute approximate surface area is 114 Å². The number of benzene rings is 1. The standard InChI is InChI=1S/C15H22N2O2/c1-2-9-17-15(18)13-5-3-4-6-14(13)19-12-7-10-16-11-8-12/h3-6,12,16H,2,7-11H2,1H3,(H,17,18). The Morgan fingerprint density at radius 3 is 2.84 bits per heavy atom. The van der Waals surface area contributed by atoms with Gasteiger partial charge in [0, 0.05) is 6.54 Å². The molecular weight excluding hydrogens is 240 g/mol. The maximum Gasteiger partial charge on any atom is 0.255 e. The van der Waals surface area contributed by atoms with Gasteiger partial charge in [0.25, 0.3) is 5.91 Å². The number of hydrogen-bond acceptors (Lipinski definition) is 3. The minimum absolute atomic E-state index is 0.0496. The largest absolute Gasteiger partial charge is 0.489 e. The summed E-state index contributed by atoms with van der Waals surface area (Å²) in [5, 5.41) is 6.20. The predicted octanol–water partition coefficient (Wildman–Crippen LogP) is 1.96. The fourth-order valence-electron chi connectivity index (χ4n) is 2.18. The Kier molecular flexibility index (Phi) is 5.21. The Bertz CT molecular complexity index is 414. The van der Waals surface area contributed by atoms with E-state index >= 15 is 0 Å². The van der Waals surface area contributed by atoms with Crippen LogP contribution in [0, 0.1) is 0 Å². The molecule has 0 atom stereocenters. The maximum absolute atomic E-state index is 12.1. The molecule has 2 rings (SSSR count). The number of amides is 1. The average molecular weight is 262 g/mol. The van der Waals surface area contributed by atoms with E-state index in [2.05, 4.69) is 10.6 Å². The first-order chi connectivity index (χ1) is 9.31. The van der Waals surface area contributed by atoms with Crippen LogP contribution < -0.4 is 15.4 Å². The molecule has 1 fully saturated rings. The highest BCUT2D eigenvalue weighted by Crippen LogP contribution is 2.21. The van der Waals surface area contributed by atoms with Gasteiger partial charge in [-0.25, -0.2) is 0 Å². The zero-order chi connectivity index (χ0) is 13.5. The van der Waals surface area contributed by atoms with Crippen molar-refractivity contribution in [2.75, 3.05) is 19.6 Å². The monoisotopic (exact) mass is 262 g/mol. The van der Waals surface area contributed by atoms with Crippen LogP contribution in [0.25, 0.3) is 0 Å². The molecule has 0 bridgehead atoms. The van der Waals surface area contributed by atoms with Crippen LogP contribution in [-0.2, 0) is 0 Å². The molecule has 1 heterocycles. The molecular formula is C15H22N2O2. The summed E-state index contributed by atoms with van der Waals surface area (Å²) in [5.74, 6) is 0.648. The molecule has 2 N–H and O–H groups in total. The molecule has 1 aliphatic heterocycles. The molecule has 0 saturated carbocycles. The summed E-state index contributed by atoms with van der Waals surface area (Å²) in [6.07, 6.45) is 3.13. The molecule has 0 unspecified atom stereocenters. The van der Waals surface area contributed by atoms with E-state index in [0.29, 0.717) is 17.9 Å². The molecule has 0 radical (unpaired) electrons. The normalized spacial score (nSPS) is 16.1. The van der Waals surface area contributed by atoms with E-state index in [1.165, 1.54) is 0 Å². The summed E-state index contributed by atoms with van der Waals surface area (Å²) in [7, 11) is 0. The Morgan fingerprint density at radius 1 is 1.37 bits per heavy atom. The van der Waals surface area contributed by atoms with Crippen molar-refractivity contribution in [1.29, 1.82) is 0 Å². The lowest BCUT2D eigenvalue weighted by Crippen LogP contribution is -2.34. The van der Waals surface area contributed by atoms with Crippen LogP contribution in [0.2, 0.25) is 0 Å². The molecule has 4 heteroatoms. The highest BCUT2D eigenvalue weighted by Gasteiger charge is 2.18. The molecule has 1 aromatic carbocycles. The molecule has 1 aromatic rings. The lowest BCUT2D eigenvalue weighted by Gasteiger charge is -2.24. The molecule has 104 valence electrons. The molecule has 1 amide bonds. The van der Waals surface area contributed by atoms with Gasteiger partial charge in [-0.2, -0.15) is 0 Å². The van der Waals surface area contributed by atoms with Gasteiger partial charge in [-0.1, -0.05) is 19.1 Å². The summed E-state index contributed by atoms with van der Waals surface area (Å²) in [4.78, 5) is 12.1. The van der Waals surface area contributed by atoms with Crippen molar-refractivity contribution in [1.82, 2.24) is 10.6 Å². The number of rotatable bonds is 5. The number of carbonyl (C=O) groups is 1. The third kappa shape index (κ3) is 3.96. The smallest absolute Gasteiger partial charge is 0.255 e. The van der Waals surface area contributed by atoms with Crippen molar-refractivity contribution in [3.8, 4) is 5.75 Å². The Morgan fingerprint density at radius 2 is 2.11 bits per heavy atom. The summed E-state index contributed by atoms with van der Waals surface area (Å²) in [6, 6.07) is 7.48. The highest BCUT2D eigenvalue weighted by atomic mass is 16.5. The Balaban J connectivity index is 2.04. The molecule has 0 aliphatic carbocycles. The second-order valence-electron chi connectivity index (χ2n) is 4.82. The SMILES string of the molecule is CCCNC(=O)c1ccccc1OC1CCNCC1. The van der Waals surface area contributed by atoms with Gasteiger partial charge >= 0.3 is 0 Å². The lowest BCUT2D eigenvalue weighted by atomic mass is 10.1. The molecule has 1 saturated heterocycles. The molecule has 1 aliphatic rings. The number of ether oxygens (including phenoxy) is 1. The molecule has 0 spiro atoms. The summed E-state index contributed by atoms with van der Waals surface area (Å²) < 4.78 is 5.99. The first kappa shape index (κ1) is 13.9. The van der Waals surface area contributed by atoms with Gasteiger partial charge in [0.15, 0.2) is 0 Å². The van der Waals surface area contributed by atoms with Crippen LogP contribution in [0.4, 0.5) is 0 Å². The molecule has 19 heavy (non-hydrogen) atoms. The minimum Gasteiger partial charge on any atom is -0.489 e.